The highest BCUT2D eigenvalue weighted by Gasteiger charge is 2.31. The van der Waals surface area contributed by atoms with Gasteiger partial charge in [0.05, 0.1) is 0 Å². The van der Waals surface area contributed by atoms with E-state index in [9.17, 15) is 8.42 Å². The van der Waals surface area contributed by atoms with Crippen molar-refractivity contribution < 1.29 is 8.42 Å². The molecule has 1 atom stereocenters. The largest absolute Gasteiger partial charge is 0.328 e. The van der Waals surface area contributed by atoms with Gasteiger partial charge in [-0.05, 0) is 44.7 Å². The summed E-state index contributed by atoms with van der Waals surface area (Å²) in [7, 11) is -3.28. The quantitative estimate of drug-likeness (QED) is 0.922. The monoisotopic (exact) mass is 288 g/mol. The lowest BCUT2D eigenvalue weighted by atomic mass is 9.92. The molecule has 2 heterocycles. The Balaban J connectivity index is 2.09. The SMILES string of the molecule is Cc1ccc(S(=O)(=O)N2CCC(C(C)N)CC2)s1. The van der Waals surface area contributed by atoms with Crippen LogP contribution in [0.4, 0.5) is 0 Å². The van der Waals surface area contributed by atoms with Crippen LogP contribution in [0, 0.1) is 12.8 Å². The smallest absolute Gasteiger partial charge is 0.252 e. The maximum atomic E-state index is 12.4. The Morgan fingerprint density at radius 2 is 2.00 bits per heavy atom. The number of rotatable bonds is 3. The summed E-state index contributed by atoms with van der Waals surface area (Å²) >= 11 is 1.34. The van der Waals surface area contributed by atoms with Crippen molar-refractivity contribution in [2.75, 3.05) is 13.1 Å². The Kier molecular flexibility index (Phi) is 4.11. The van der Waals surface area contributed by atoms with Gasteiger partial charge in [0.2, 0.25) is 0 Å². The van der Waals surface area contributed by atoms with Crippen molar-refractivity contribution in [3.63, 3.8) is 0 Å². The van der Waals surface area contributed by atoms with E-state index in [-0.39, 0.29) is 6.04 Å². The molecule has 2 rings (SSSR count). The number of hydrogen-bond acceptors (Lipinski definition) is 4. The lowest BCUT2D eigenvalue weighted by Gasteiger charge is -2.32. The average molecular weight is 288 g/mol. The van der Waals surface area contributed by atoms with Gasteiger partial charge in [-0.1, -0.05) is 0 Å². The second kappa shape index (κ2) is 5.28. The van der Waals surface area contributed by atoms with E-state index in [4.69, 9.17) is 5.73 Å². The van der Waals surface area contributed by atoms with Crippen molar-refractivity contribution in [1.29, 1.82) is 0 Å². The van der Waals surface area contributed by atoms with Crippen molar-refractivity contribution >= 4 is 21.4 Å². The predicted octanol–water partition coefficient (Wildman–Crippen LogP) is 1.80. The molecule has 102 valence electrons. The molecule has 18 heavy (non-hydrogen) atoms. The number of aryl methyl sites for hydroxylation is 1. The van der Waals surface area contributed by atoms with E-state index in [2.05, 4.69) is 0 Å². The fraction of sp³-hybridized carbons (Fsp3) is 0.667. The first-order valence-electron chi connectivity index (χ1n) is 6.23. The zero-order chi connectivity index (χ0) is 13.3. The van der Waals surface area contributed by atoms with Gasteiger partial charge in [-0.3, -0.25) is 0 Å². The van der Waals surface area contributed by atoms with Crippen LogP contribution in [0.15, 0.2) is 16.3 Å². The third-order valence-corrected chi connectivity index (χ3v) is 6.92. The van der Waals surface area contributed by atoms with E-state index >= 15 is 0 Å². The minimum atomic E-state index is -3.28. The molecule has 0 saturated carbocycles. The molecule has 1 aliphatic heterocycles. The number of hydrogen-bond donors (Lipinski definition) is 1. The van der Waals surface area contributed by atoms with Crippen LogP contribution in [0.1, 0.15) is 24.6 Å². The summed E-state index contributed by atoms with van der Waals surface area (Å²) in [4.78, 5) is 1.03. The minimum Gasteiger partial charge on any atom is -0.328 e. The van der Waals surface area contributed by atoms with Crippen LogP contribution in [0.2, 0.25) is 0 Å². The van der Waals surface area contributed by atoms with Gasteiger partial charge in [0.1, 0.15) is 4.21 Å². The molecule has 1 unspecified atom stereocenters. The number of nitrogens with zero attached hydrogens (tertiary/aromatic N) is 1. The fourth-order valence-corrected chi connectivity index (χ4v) is 5.23. The van der Waals surface area contributed by atoms with Gasteiger partial charge in [-0.15, -0.1) is 11.3 Å². The highest BCUT2D eigenvalue weighted by molar-refractivity contribution is 7.91. The Labute approximate surface area is 113 Å². The van der Waals surface area contributed by atoms with Crippen LogP contribution in [0.25, 0.3) is 0 Å². The first-order valence-corrected chi connectivity index (χ1v) is 8.49. The molecule has 1 fully saturated rings. The van der Waals surface area contributed by atoms with Gasteiger partial charge in [-0.2, -0.15) is 4.31 Å². The summed E-state index contributed by atoms with van der Waals surface area (Å²) < 4.78 is 26.8. The van der Waals surface area contributed by atoms with Crippen molar-refractivity contribution in [2.45, 2.75) is 36.9 Å². The van der Waals surface area contributed by atoms with Gasteiger partial charge in [0.25, 0.3) is 10.0 Å². The van der Waals surface area contributed by atoms with Crippen LogP contribution in [0.5, 0.6) is 0 Å². The molecule has 0 bridgehead atoms. The molecule has 6 heteroatoms. The Bertz CT molecular complexity index is 500. The molecule has 1 aromatic rings. The van der Waals surface area contributed by atoms with Crippen molar-refractivity contribution in [3.05, 3.63) is 17.0 Å². The molecule has 2 N–H and O–H groups in total. The maximum Gasteiger partial charge on any atom is 0.252 e. The molecule has 0 aliphatic carbocycles. The van der Waals surface area contributed by atoms with Gasteiger partial charge in [-0.25, -0.2) is 8.42 Å². The van der Waals surface area contributed by atoms with Crippen LogP contribution in [-0.4, -0.2) is 31.9 Å². The molecule has 0 spiro atoms. The summed E-state index contributed by atoms with van der Waals surface area (Å²) in [6.07, 6.45) is 1.72. The topological polar surface area (TPSA) is 63.4 Å². The van der Waals surface area contributed by atoms with E-state index in [1.54, 1.807) is 10.4 Å². The van der Waals surface area contributed by atoms with Crippen molar-refractivity contribution in [3.8, 4) is 0 Å². The second-order valence-electron chi connectivity index (χ2n) is 4.97. The molecular weight excluding hydrogens is 268 g/mol. The third kappa shape index (κ3) is 2.77. The van der Waals surface area contributed by atoms with Crippen LogP contribution >= 0.6 is 11.3 Å². The van der Waals surface area contributed by atoms with E-state index in [1.165, 1.54) is 11.3 Å². The number of nitrogens with two attached hydrogens (primary N) is 1. The Morgan fingerprint density at radius 3 is 2.44 bits per heavy atom. The first kappa shape index (κ1) is 14.0. The van der Waals surface area contributed by atoms with E-state index in [0.717, 1.165) is 17.7 Å². The number of thiophene rings is 1. The van der Waals surface area contributed by atoms with Crippen LogP contribution < -0.4 is 5.73 Å². The summed E-state index contributed by atoms with van der Waals surface area (Å²) in [6, 6.07) is 3.71. The Hall–Kier alpha value is -0.430. The molecule has 1 aliphatic rings. The molecule has 1 saturated heterocycles. The summed E-state index contributed by atoms with van der Waals surface area (Å²) in [6.45, 7) is 5.10. The average Bonchev–Trinajstić information content (AvgIpc) is 2.76. The molecule has 1 aromatic heterocycles. The molecule has 0 radical (unpaired) electrons. The summed E-state index contributed by atoms with van der Waals surface area (Å²) in [5.41, 5.74) is 5.87. The number of piperidine rings is 1. The number of sulfonamides is 1. The van der Waals surface area contributed by atoms with E-state index in [1.807, 2.05) is 19.9 Å². The summed E-state index contributed by atoms with van der Waals surface area (Å²) in [5.74, 6) is 0.446. The maximum absolute atomic E-state index is 12.4. The zero-order valence-electron chi connectivity index (χ0n) is 10.8. The van der Waals surface area contributed by atoms with Crippen LogP contribution in [-0.2, 0) is 10.0 Å². The predicted molar refractivity (Wildman–Crippen MR) is 74.2 cm³/mol. The summed E-state index contributed by atoms with van der Waals surface area (Å²) in [5, 5.41) is 0. The minimum absolute atomic E-state index is 0.152. The normalized spacial score (nSPS) is 21.1. The lowest BCUT2D eigenvalue weighted by molar-refractivity contribution is 0.251. The molecular formula is C12H20N2O2S2. The van der Waals surface area contributed by atoms with Gasteiger partial charge in [0, 0.05) is 24.0 Å². The van der Waals surface area contributed by atoms with Gasteiger partial charge in [0.15, 0.2) is 0 Å². The lowest BCUT2D eigenvalue weighted by Crippen LogP contribution is -2.42. The third-order valence-electron chi connectivity index (χ3n) is 3.55. The van der Waals surface area contributed by atoms with E-state index < -0.39 is 10.0 Å². The fourth-order valence-electron chi connectivity index (χ4n) is 2.32. The van der Waals surface area contributed by atoms with Gasteiger partial charge < -0.3 is 5.73 Å². The zero-order valence-corrected chi connectivity index (χ0v) is 12.4. The van der Waals surface area contributed by atoms with Crippen LogP contribution in [0.3, 0.4) is 0 Å². The van der Waals surface area contributed by atoms with Crippen molar-refractivity contribution in [1.82, 2.24) is 4.31 Å². The molecule has 4 nitrogen and oxygen atoms in total. The standard InChI is InChI=1S/C12H20N2O2S2/c1-9-3-4-12(17-9)18(15,16)14-7-5-11(6-8-14)10(2)13/h3-4,10-11H,5-8,13H2,1-2H3. The Morgan fingerprint density at radius 1 is 1.39 bits per heavy atom. The first-order chi connectivity index (χ1) is 8.41. The highest BCUT2D eigenvalue weighted by atomic mass is 32.2. The highest BCUT2D eigenvalue weighted by Crippen LogP contribution is 2.28. The van der Waals surface area contributed by atoms with Gasteiger partial charge >= 0.3 is 0 Å². The van der Waals surface area contributed by atoms with E-state index in [0.29, 0.717) is 23.2 Å². The molecule has 0 aromatic carbocycles. The van der Waals surface area contributed by atoms with Crippen molar-refractivity contribution in [2.24, 2.45) is 11.7 Å². The second-order valence-corrected chi connectivity index (χ2v) is 8.42. The molecule has 0 amide bonds.